The second-order valence-corrected chi connectivity index (χ2v) is 4.40. The SMILES string of the molecule is CCN(CCCCl)Cc1cccs1. The van der Waals surface area contributed by atoms with Crippen LogP contribution in [0.15, 0.2) is 17.5 Å². The highest BCUT2D eigenvalue weighted by Gasteiger charge is 2.02. The van der Waals surface area contributed by atoms with Crippen molar-refractivity contribution in [2.24, 2.45) is 0 Å². The summed E-state index contributed by atoms with van der Waals surface area (Å²) in [5.41, 5.74) is 0. The van der Waals surface area contributed by atoms with Gasteiger partial charge in [-0.25, -0.2) is 0 Å². The fraction of sp³-hybridized carbons (Fsp3) is 0.600. The van der Waals surface area contributed by atoms with Gasteiger partial charge in [0.2, 0.25) is 0 Å². The summed E-state index contributed by atoms with van der Waals surface area (Å²) in [7, 11) is 0. The van der Waals surface area contributed by atoms with Crippen LogP contribution in [0, 0.1) is 0 Å². The first-order chi connectivity index (χ1) is 6.36. The van der Waals surface area contributed by atoms with Gasteiger partial charge < -0.3 is 0 Å². The lowest BCUT2D eigenvalue weighted by Gasteiger charge is -2.18. The largest absolute Gasteiger partial charge is 0.298 e. The zero-order valence-electron chi connectivity index (χ0n) is 8.00. The van der Waals surface area contributed by atoms with Crippen molar-refractivity contribution in [3.05, 3.63) is 22.4 Å². The molecule has 0 saturated carbocycles. The minimum atomic E-state index is 0.765. The van der Waals surface area contributed by atoms with Crippen LogP contribution in [0.5, 0.6) is 0 Å². The quantitative estimate of drug-likeness (QED) is 0.662. The Morgan fingerprint density at radius 2 is 2.38 bits per heavy atom. The lowest BCUT2D eigenvalue weighted by Crippen LogP contribution is -2.23. The summed E-state index contributed by atoms with van der Waals surface area (Å²) in [6.07, 6.45) is 1.08. The van der Waals surface area contributed by atoms with E-state index in [0.717, 1.165) is 31.9 Å². The third kappa shape index (κ3) is 4.12. The maximum Gasteiger partial charge on any atom is 0.0327 e. The van der Waals surface area contributed by atoms with Gasteiger partial charge in [-0.05, 0) is 31.0 Å². The van der Waals surface area contributed by atoms with E-state index in [0.29, 0.717) is 0 Å². The highest BCUT2D eigenvalue weighted by Crippen LogP contribution is 2.11. The van der Waals surface area contributed by atoms with Crippen LogP contribution in [-0.4, -0.2) is 23.9 Å². The summed E-state index contributed by atoms with van der Waals surface area (Å²) in [6, 6.07) is 4.30. The van der Waals surface area contributed by atoms with E-state index in [1.807, 2.05) is 11.3 Å². The summed E-state index contributed by atoms with van der Waals surface area (Å²) < 4.78 is 0. The monoisotopic (exact) mass is 217 g/mol. The van der Waals surface area contributed by atoms with E-state index in [9.17, 15) is 0 Å². The number of nitrogens with zero attached hydrogens (tertiary/aromatic N) is 1. The summed E-state index contributed by atoms with van der Waals surface area (Å²) >= 11 is 7.49. The molecule has 0 bridgehead atoms. The number of rotatable bonds is 6. The highest BCUT2D eigenvalue weighted by atomic mass is 35.5. The molecule has 13 heavy (non-hydrogen) atoms. The molecule has 1 aromatic heterocycles. The molecule has 1 heterocycles. The lowest BCUT2D eigenvalue weighted by atomic mass is 10.3. The van der Waals surface area contributed by atoms with Gasteiger partial charge in [0, 0.05) is 17.3 Å². The molecule has 0 aliphatic heterocycles. The Morgan fingerprint density at radius 3 is 2.92 bits per heavy atom. The van der Waals surface area contributed by atoms with Crippen LogP contribution in [0.1, 0.15) is 18.2 Å². The average molecular weight is 218 g/mol. The second kappa shape index (κ2) is 6.41. The van der Waals surface area contributed by atoms with E-state index in [1.165, 1.54) is 4.88 Å². The maximum absolute atomic E-state index is 5.66. The van der Waals surface area contributed by atoms with Gasteiger partial charge in [-0.15, -0.1) is 22.9 Å². The van der Waals surface area contributed by atoms with Crippen LogP contribution >= 0.6 is 22.9 Å². The molecule has 0 radical (unpaired) electrons. The molecule has 1 aromatic rings. The second-order valence-electron chi connectivity index (χ2n) is 2.99. The van der Waals surface area contributed by atoms with Crippen molar-refractivity contribution in [2.75, 3.05) is 19.0 Å². The molecule has 0 N–H and O–H groups in total. The fourth-order valence-corrected chi connectivity index (χ4v) is 2.12. The molecule has 0 aliphatic rings. The van der Waals surface area contributed by atoms with Crippen LogP contribution in [0.25, 0.3) is 0 Å². The van der Waals surface area contributed by atoms with Gasteiger partial charge in [-0.1, -0.05) is 13.0 Å². The van der Waals surface area contributed by atoms with Crippen LogP contribution in [-0.2, 0) is 6.54 Å². The van der Waals surface area contributed by atoms with Crippen molar-refractivity contribution < 1.29 is 0 Å². The van der Waals surface area contributed by atoms with E-state index in [1.54, 1.807) is 0 Å². The first-order valence-electron chi connectivity index (χ1n) is 4.67. The van der Waals surface area contributed by atoms with Crippen LogP contribution in [0.4, 0.5) is 0 Å². The molecular weight excluding hydrogens is 202 g/mol. The summed E-state index contributed by atoms with van der Waals surface area (Å²) in [4.78, 5) is 3.87. The van der Waals surface area contributed by atoms with E-state index in [2.05, 4.69) is 29.3 Å². The Hall–Kier alpha value is -0.0500. The van der Waals surface area contributed by atoms with Gasteiger partial charge in [0.25, 0.3) is 0 Å². The Kier molecular flexibility index (Phi) is 5.44. The molecule has 0 fully saturated rings. The topological polar surface area (TPSA) is 3.24 Å². The van der Waals surface area contributed by atoms with Gasteiger partial charge in [-0.3, -0.25) is 4.90 Å². The Balaban J connectivity index is 2.31. The van der Waals surface area contributed by atoms with Gasteiger partial charge in [-0.2, -0.15) is 0 Å². The molecule has 0 unspecified atom stereocenters. The molecule has 0 aromatic carbocycles. The Morgan fingerprint density at radius 1 is 1.54 bits per heavy atom. The van der Waals surface area contributed by atoms with Crippen molar-refractivity contribution in [2.45, 2.75) is 19.9 Å². The van der Waals surface area contributed by atoms with Gasteiger partial charge >= 0.3 is 0 Å². The minimum absolute atomic E-state index is 0.765. The molecule has 0 atom stereocenters. The van der Waals surface area contributed by atoms with Crippen LogP contribution in [0.2, 0.25) is 0 Å². The third-order valence-corrected chi connectivity index (χ3v) is 3.14. The predicted molar refractivity (Wildman–Crippen MR) is 60.6 cm³/mol. The van der Waals surface area contributed by atoms with Crippen molar-refractivity contribution in [1.29, 1.82) is 0 Å². The van der Waals surface area contributed by atoms with Gasteiger partial charge in [0.15, 0.2) is 0 Å². The molecular formula is C10H16ClNS. The number of thiophene rings is 1. The summed E-state index contributed by atoms with van der Waals surface area (Å²) in [5, 5.41) is 2.13. The minimum Gasteiger partial charge on any atom is -0.298 e. The van der Waals surface area contributed by atoms with E-state index < -0.39 is 0 Å². The Bertz CT molecular complexity index is 211. The normalized spacial score (nSPS) is 11.0. The van der Waals surface area contributed by atoms with Crippen LogP contribution < -0.4 is 0 Å². The number of hydrogen-bond donors (Lipinski definition) is 0. The summed E-state index contributed by atoms with van der Waals surface area (Å²) in [6.45, 7) is 5.49. The molecule has 0 saturated heterocycles. The smallest absolute Gasteiger partial charge is 0.0327 e. The first kappa shape index (κ1) is 11.0. The zero-order chi connectivity index (χ0) is 9.52. The van der Waals surface area contributed by atoms with Crippen LogP contribution in [0.3, 0.4) is 0 Å². The summed E-state index contributed by atoms with van der Waals surface area (Å²) in [5.74, 6) is 0.765. The first-order valence-corrected chi connectivity index (χ1v) is 6.09. The fourth-order valence-electron chi connectivity index (χ4n) is 1.26. The number of hydrogen-bond acceptors (Lipinski definition) is 2. The molecule has 0 aliphatic carbocycles. The zero-order valence-corrected chi connectivity index (χ0v) is 9.57. The van der Waals surface area contributed by atoms with E-state index in [-0.39, 0.29) is 0 Å². The lowest BCUT2D eigenvalue weighted by molar-refractivity contribution is 0.284. The van der Waals surface area contributed by atoms with E-state index >= 15 is 0 Å². The molecule has 1 nitrogen and oxygen atoms in total. The predicted octanol–water partition coefficient (Wildman–Crippen LogP) is 3.20. The Labute approximate surface area is 89.3 Å². The maximum atomic E-state index is 5.66. The van der Waals surface area contributed by atoms with E-state index in [4.69, 9.17) is 11.6 Å². The number of halogens is 1. The third-order valence-electron chi connectivity index (χ3n) is 2.01. The average Bonchev–Trinajstić information content (AvgIpc) is 2.64. The van der Waals surface area contributed by atoms with Crippen molar-refractivity contribution in [1.82, 2.24) is 4.90 Å². The molecule has 3 heteroatoms. The van der Waals surface area contributed by atoms with Gasteiger partial charge in [0.05, 0.1) is 0 Å². The molecule has 74 valence electrons. The van der Waals surface area contributed by atoms with Crippen molar-refractivity contribution in [3.8, 4) is 0 Å². The highest BCUT2D eigenvalue weighted by molar-refractivity contribution is 7.09. The number of alkyl halides is 1. The van der Waals surface area contributed by atoms with Crippen molar-refractivity contribution >= 4 is 22.9 Å². The molecule has 1 rings (SSSR count). The van der Waals surface area contributed by atoms with Crippen molar-refractivity contribution in [3.63, 3.8) is 0 Å². The molecule has 0 amide bonds. The molecule has 0 spiro atoms. The van der Waals surface area contributed by atoms with Gasteiger partial charge in [0.1, 0.15) is 0 Å². The standard InChI is InChI=1S/C10H16ClNS/c1-2-12(7-4-6-11)9-10-5-3-8-13-10/h3,5,8H,2,4,6-7,9H2,1H3.